The van der Waals surface area contributed by atoms with Crippen molar-refractivity contribution in [2.75, 3.05) is 12.9 Å². The Morgan fingerprint density at radius 2 is 2.17 bits per heavy atom. The molecule has 3 atom stereocenters. The van der Waals surface area contributed by atoms with Crippen molar-refractivity contribution in [2.45, 2.75) is 50.0 Å². The van der Waals surface area contributed by atoms with E-state index in [1.807, 2.05) is 24.4 Å². The molecule has 2 aliphatic rings. The van der Waals surface area contributed by atoms with Crippen molar-refractivity contribution in [3.05, 3.63) is 53.2 Å². The van der Waals surface area contributed by atoms with Crippen LogP contribution in [0.2, 0.25) is 0 Å². The third-order valence-electron chi connectivity index (χ3n) is 6.60. The van der Waals surface area contributed by atoms with Crippen LogP contribution >= 0.6 is 11.8 Å². The molecule has 4 rings (SSSR count). The van der Waals surface area contributed by atoms with E-state index in [0.29, 0.717) is 11.5 Å². The lowest BCUT2D eigenvalue weighted by Crippen LogP contribution is -2.20. The molecule has 0 aliphatic heterocycles. The zero-order chi connectivity index (χ0) is 20.2. The largest absolute Gasteiger partial charge is 0.497 e. The number of aromatic nitrogens is 1. The Morgan fingerprint density at radius 3 is 2.90 bits per heavy atom. The van der Waals surface area contributed by atoms with Gasteiger partial charge >= 0.3 is 0 Å². The van der Waals surface area contributed by atoms with Crippen LogP contribution in [0.1, 0.15) is 53.6 Å². The highest BCUT2D eigenvalue weighted by molar-refractivity contribution is 7.99. The lowest BCUT2D eigenvalue weighted by Gasteiger charge is -2.22. The van der Waals surface area contributed by atoms with E-state index in [1.54, 1.807) is 18.9 Å². The van der Waals surface area contributed by atoms with Crippen molar-refractivity contribution in [2.24, 2.45) is 23.5 Å². The number of carbonyl (C=O) groups excluding carboxylic acids is 1. The van der Waals surface area contributed by atoms with Gasteiger partial charge in [0, 0.05) is 6.20 Å². The summed E-state index contributed by atoms with van der Waals surface area (Å²) in [5, 5.41) is 0.795. The van der Waals surface area contributed by atoms with Gasteiger partial charge in [-0.25, -0.2) is 4.98 Å². The quantitative estimate of drug-likeness (QED) is 0.472. The summed E-state index contributed by atoms with van der Waals surface area (Å²) in [7, 11) is 1.69. The number of nitrogens with zero attached hydrogens (tertiary/aromatic N) is 1. The van der Waals surface area contributed by atoms with Crippen LogP contribution in [0, 0.1) is 17.8 Å². The Bertz CT molecular complexity index is 870. The van der Waals surface area contributed by atoms with Gasteiger partial charge in [-0.3, -0.25) is 4.79 Å². The minimum atomic E-state index is -0.341. The molecule has 0 radical (unpaired) electrons. The number of amides is 1. The molecule has 0 saturated heterocycles. The van der Waals surface area contributed by atoms with E-state index in [-0.39, 0.29) is 5.91 Å². The van der Waals surface area contributed by atoms with Gasteiger partial charge in [0.05, 0.1) is 12.7 Å². The average molecular weight is 411 g/mol. The van der Waals surface area contributed by atoms with Crippen molar-refractivity contribution < 1.29 is 9.53 Å². The van der Waals surface area contributed by atoms with Crippen molar-refractivity contribution in [3.63, 3.8) is 0 Å². The summed E-state index contributed by atoms with van der Waals surface area (Å²) in [5.41, 5.74) is 8.80. The Labute approximate surface area is 177 Å². The van der Waals surface area contributed by atoms with E-state index in [9.17, 15) is 4.79 Å². The molecule has 0 spiro atoms. The van der Waals surface area contributed by atoms with E-state index in [1.165, 1.54) is 31.2 Å². The number of thioether (sulfide) groups is 1. The fraction of sp³-hybridized carbons (Fsp3) is 0.500. The lowest BCUT2D eigenvalue weighted by atomic mass is 9.83. The predicted octanol–water partition coefficient (Wildman–Crippen LogP) is 4.89. The molecule has 2 aromatic rings. The predicted molar refractivity (Wildman–Crippen MR) is 117 cm³/mol. The summed E-state index contributed by atoms with van der Waals surface area (Å²) in [5.74, 6) is 3.91. The number of nitrogens with two attached hydrogens (primary N) is 1. The Kier molecular flexibility index (Phi) is 6.43. The first-order valence-electron chi connectivity index (χ1n) is 10.7. The van der Waals surface area contributed by atoms with Gasteiger partial charge in [0.15, 0.2) is 0 Å². The molecular weight excluding hydrogens is 380 g/mol. The topological polar surface area (TPSA) is 65.2 Å². The number of primary amides is 1. The highest BCUT2D eigenvalue weighted by Gasteiger charge is 2.39. The van der Waals surface area contributed by atoms with Crippen LogP contribution in [-0.4, -0.2) is 23.8 Å². The molecule has 2 aliphatic carbocycles. The van der Waals surface area contributed by atoms with Crippen LogP contribution in [0.15, 0.2) is 41.6 Å². The molecule has 5 heteroatoms. The van der Waals surface area contributed by atoms with Crippen LogP contribution in [0.3, 0.4) is 0 Å². The molecule has 2 fully saturated rings. The Balaban J connectivity index is 1.38. The van der Waals surface area contributed by atoms with Crippen molar-refractivity contribution in [1.29, 1.82) is 0 Å². The molecule has 4 nitrogen and oxygen atoms in total. The minimum Gasteiger partial charge on any atom is -0.497 e. The zero-order valence-corrected chi connectivity index (χ0v) is 17.9. The molecule has 1 aromatic heterocycles. The summed E-state index contributed by atoms with van der Waals surface area (Å²) < 4.78 is 5.29. The van der Waals surface area contributed by atoms with E-state index >= 15 is 0 Å². The van der Waals surface area contributed by atoms with E-state index in [2.05, 4.69) is 17.1 Å². The number of fused-ring (bicyclic) bond motifs is 2. The molecule has 154 valence electrons. The minimum absolute atomic E-state index is 0.341. The second-order valence-corrected chi connectivity index (χ2v) is 9.54. The van der Waals surface area contributed by atoms with E-state index in [4.69, 9.17) is 10.5 Å². The van der Waals surface area contributed by atoms with E-state index in [0.717, 1.165) is 53.2 Å². The van der Waals surface area contributed by atoms with Crippen molar-refractivity contribution in [1.82, 2.24) is 4.98 Å². The highest BCUT2D eigenvalue weighted by atomic mass is 32.2. The second kappa shape index (κ2) is 9.21. The fourth-order valence-electron chi connectivity index (χ4n) is 5.21. The number of carbonyl (C=O) groups is 1. The molecule has 2 N–H and O–H groups in total. The number of aryl methyl sites for hydroxylation is 1. The maximum absolute atomic E-state index is 12.3. The number of hydrogen-bond acceptors (Lipinski definition) is 4. The van der Waals surface area contributed by atoms with Gasteiger partial charge in [-0.2, -0.15) is 0 Å². The molecule has 3 unspecified atom stereocenters. The molecule has 1 aromatic carbocycles. The molecule has 2 bridgehead atoms. The summed E-state index contributed by atoms with van der Waals surface area (Å²) in [4.78, 5) is 16.8. The fourth-order valence-corrected chi connectivity index (χ4v) is 6.20. The lowest BCUT2D eigenvalue weighted by molar-refractivity contribution is 0.0995. The van der Waals surface area contributed by atoms with Crippen LogP contribution in [0.25, 0.3) is 0 Å². The van der Waals surface area contributed by atoms with Crippen LogP contribution in [0.4, 0.5) is 0 Å². The number of hydrogen-bond donors (Lipinski definition) is 1. The number of benzene rings is 1. The van der Waals surface area contributed by atoms with Crippen LogP contribution < -0.4 is 10.5 Å². The molecule has 29 heavy (non-hydrogen) atoms. The zero-order valence-electron chi connectivity index (χ0n) is 17.1. The molecule has 2 saturated carbocycles. The highest BCUT2D eigenvalue weighted by Crippen LogP contribution is 2.49. The average Bonchev–Trinajstić information content (AvgIpc) is 3.34. The van der Waals surface area contributed by atoms with Crippen molar-refractivity contribution in [3.8, 4) is 5.75 Å². The summed E-state index contributed by atoms with van der Waals surface area (Å²) in [6.45, 7) is 0. The van der Waals surface area contributed by atoms with Gasteiger partial charge in [-0.05, 0) is 91.4 Å². The van der Waals surface area contributed by atoms with Crippen LogP contribution in [-0.2, 0) is 12.8 Å². The van der Waals surface area contributed by atoms with Crippen LogP contribution in [0.5, 0.6) is 5.75 Å². The third kappa shape index (κ3) is 4.77. The third-order valence-corrected chi connectivity index (χ3v) is 7.67. The smallest absolute Gasteiger partial charge is 0.251 e. The first-order chi connectivity index (χ1) is 14.1. The molecule has 1 heterocycles. The van der Waals surface area contributed by atoms with Gasteiger partial charge in [-0.15, -0.1) is 11.8 Å². The number of methoxy groups -OCH3 is 1. The SMILES string of the molecule is COc1cccc(CCCSc2nccc(CC3CC4CCC3C4)c2C(N)=O)c1. The Hall–Kier alpha value is -2.01. The number of rotatable bonds is 9. The number of pyridine rings is 1. The standard InChI is InChI=1S/C24H30N2O2S/c1-28-21-6-2-4-16(14-21)5-3-11-29-24-22(23(25)27)19(9-10-26-24)15-20-13-17-7-8-18(20)12-17/h2,4,6,9-10,14,17-18,20H,3,5,7-8,11-13,15H2,1H3,(H2,25,27). The molecule has 1 amide bonds. The monoisotopic (exact) mass is 410 g/mol. The maximum atomic E-state index is 12.3. The maximum Gasteiger partial charge on any atom is 0.251 e. The van der Waals surface area contributed by atoms with E-state index < -0.39 is 0 Å². The second-order valence-electron chi connectivity index (χ2n) is 8.46. The van der Waals surface area contributed by atoms with Crippen molar-refractivity contribution >= 4 is 17.7 Å². The normalized spacial score (nSPS) is 22.7. The summed E-state index contributed by atoms with van der Waals surface area (Å²) >= 11 is 1.65. The van der Waals surface area contributed by atoms with Gasteiger partial charge in [0.2, 0.25) is 0 Å². The Morgan fingerprint density at radius 1 is 1.28 bits per heavy atom. The van der Waals surface area contributed by atoms with Gasteiger partial charge in [0.1, 0.15) is 10.8 Å². The first kappa shape index (κ1) is 20.3. The summed E-state index contributed by atoms with van der Waals surface area (Å²) in [6, 6.07) is 10.2. The van der Waals surface area contributed by atoms with Gasteiger partial charge < -0.3 is 10.5 Å². The summed E-state index contributed by atoms with van der Waals surface area (Å²) in [6.07, 6.45) is 10.3. The number of ether oxygens (including phenoxy) is 1. The first-order valence-corrected chi connectivity index (χ1v) is 11.7. The van der Waals surface area contributed by atoms with Gasteiger partial charge in [-0.1, -0.05) is 18.6 Å². The van der Waals surface area contributed by atoms with Gasteiger partial charge in [0.25, 0.3) is 5.91 Å². The molecular formula is C24H30N2O2S.